The first-order valence-corrected chi connectivity index (χ1v) is 20.5. The Labute approximate surface area is 308 Å². The number of rotatable bonds is 9. The number of esters is 1. The fourth-order valence-electron chi connectivity index (χ4n) is 13.6. The van der Waals surface area contributed by atoms with Crippen LogP contribution in [0.25, 0.3) is 0 Å². The maximum absolute atomic E-state index is 14.1. The Morgan fingerprint density at radius 3 is 2.14 bits per heavy atom. The van der Waals surface area contributed by atoms with Gasteiger partial charge in [-0.05, 0) is 117 Å². The van der Waals surface area contributed by atoms with Crippen LogP contribution in [0.1, 0.15) is 133 Å². The summed E-state index contributed by atoms with van der Waals surface area (Å²) in [7, 11) is 0. The molecular weight excluding hydrogens is 640 g/mol. The Morgan fingerprint density at radius 1 is 0.882 bits per heavy atom. The molecule has 0 aromatic heterocycles. The van der Waals surface area contributed by atoms with E-state index >= 15 is 0 Å². The van der Waals surface area contributed by atoms with Crippen LogP contribution in [0, 0.1) is 56.2 Å². The average Bonchev–Trinajstić information content (AvgIpc) is 3.36. The van der Waals surface area contributed by atoms with Crippen molar-refractivity contribution >= 4 is 17.7 Å². The molecule has 0 unspecified atom stereocenters. The molecule has 0 bridgehead atoms. The second-order valence-corrected chi connectivity index (χ2v) is 20.3. The maximum Gasteiger partial charge on any atom is 0.309 e. The number of aliphatic hydroxyl groups is 1. The number of carbonyl (C=O) groups excluding carboxylic acids is 2. The van der Waals surface area contributed by atoms with Gasteiger partial charge in [0.1, 0.15) is 6.10 Å². The van der Waals surface area contributed by atoms with Gasteiger partial charge in [-0.15, -0.1) is 0 Å². The third kappa shape index (κ3) is 5.99. The van der Waals surface area contributed by atoms with E-state index in [9.17, 15) is 24.6 Å². The number of ether oxygens (including phenoxy) is 1. The van der Waals surface area contributed by atoms with Gasteiger partial charge >= 0.3 is 11.9 Å². The lowest BCUT2D eigenvalue weighted by molar-refractivity contribution is -0.235. The van der Waals surface area contributed by atoms with E-state index in [4.69, 9.17) is 4.74 Å². The van der Waals surface area contributed by atoms with Crippen molar-refractivity contribution in [3.63, 3.8) is 0 Å². The summed E-state index contributed by atoms with van der Waals surface area (Å²) in [6.45, 7) is 27.8. The summed E-state index contributed by atoms with van der Waals surface area (Å²) in [6, 6.07) is 0. The zero-order valence-electron chi connectivity index (χ0n) is 33.7. The minimum absolute atomic E-state index is 0.0236. The Balaban J connectivity index is 1.27. The molecule has 0 aromatic rings. The molecule has 0 aromatic carbocycles. The lowest BCUT2D eigenvalue weighted by Crippen LogP contribution is -2.66. The fraction of sp³-hybridized carbons (Fsp3) is 0.884. The summed E-state index contributed by atoms with van der Waals surface area (Å²) < 4.78 is 6.17. The molecule has 1 saturated heterocycles. The van der Waals surface area contributed by atoms with Gasteiger partial charge in [-0.25, -0.2) is 0 Å². The van der Waals surface area contributed by atoms with Crippen LogP contribution in [0.15, 0.2) is 11.1 Å². The minimum Gasteiger partial charge on any atom is -0.481 e. The number of aliphatic carboxylic acids is 1. The summed E-state index contributed by atoms with van der Waals surface area (Å²) >= 11 is 0. The van der Waals surface area contributed by atoms with Crippen molar-refractivity contribution < 1.29 is 29.3 Å². The van der Waals surface area contributed by atoms with Crippen molar-refractivity contribution in [2.75, 3.05) is 39.3 Å². The number of ketones is 1. The van der Waals surface area contributed by atoms with Gasteiger partial charge in [-0.2, -0.15) is 0 Å². The highest BCUT2D eigenvalue weighted by molar-refractivity contribution is 6.00. The number of fused-ring (bicyclic) bond motifs is 7. The molecule has 0 amide bonds. The molecule has 8 nitrogen and oxygen atoms in total. The first-order valence-electron chi connectivity index (χ1n) is 20.5. The molecule has 51 heavy (non-hydrogen) atoms. The second kappa shape index (κ2) is 13.2. The van der Waals surface area contributed by atoms with Crippen LogP contribution in [0.4, 0.5) is 0 Å². The summed E-state index contributed by atoms with van der Waals surface area (Å²) in [5.41, 5.74) is 0.749. The molecule has 8 heteroatoms. The smallest absolute Gasteiger partial charge is 0.309 e. The Hall–Kier alpha value is -1.77. The van der Waals surface area contributed by atoms with E-state index in [1.165, 1.54) is 5.57 Å². The quantitative estimate of drug-likeness (QED) is 0.239. The zero-order valence-corrected chi connectivity index (χ0v) is 33.7. The molecular formula is C43H70N2O6. The highest BCUT2D eigenvalue weighted by Crippen LogP contribution is 2.77. The van der Waals surface area contributed by atoms with Gasteiger partial charge in [0, 0.05) is 50.0 Å². The van der Waals surface area contributed by atoms with Crippen molar-refractivity contribution in [1.82, 2.24) is 9.80 Å². The van der Waals surface area contributed by atoms with Crippen molar-refractivity contribution in [1.29, 1.82) is 0 Å². The summed E-state index contributed by atoms with van der Waals surface area (Å²) in [5, 5.41) is 21.9. The van der Waals surface area contributed by atoms with E-state index in [1.807, 2.05) is 0 Å². The van der Waals surface area contributed by atoms with E-state index < -0.39 is 28.9 Å². The largest absolute Gasteiger partial charge is 0.481 e. The SMILES string of the molecule is CCN1CCN(C[C@@H](O)[C@@]23CC[C@]4(C)[C@H](CC[C@@H]5[C@@]6(C)CC[C@H](OC(=O)CC(C)(C)C(=O)O)C(C)(C)[C@@H]6CC[C@]54C)C2=C(C(C)C)C(=O)C3)CC1. The predicted molar refractivity (Wildman–Crippen MR) is 200 cm³/mol. The molecule has 9 atom stereocenters. The minimum atomic E-state index is -1.16. The number of hydrogen-bond donors (Lipinski definition) is 2. The van der Waals surface area contributed by atoms with Crippen molar-refractivity contribution in [3.8, 4) is 0 Å². The van der Waals surface area contributed by atoms with Gasteiger partial charge in [-0.1, -0.05) is 61.0 Å². The Bertz CT molecular complexity index is 1430. The summed E-state index contributed by atoms with van der Waals surface area (Å²) in [4.78, 5) is 43.8. The number of Topliss-reactive ketones (excluding diaryl/α,β-unsaturated/α-hetero) is 1. The summed E-state index contributed by atoms with van der Waals surface area (Å²) in [5.74, 6) is 0.237. The number of carbonyl (C=O) groups is 3. The van der Waals surface area contributed by atoms with Crippen molar-refractivity contribution in [2.24, 2.45) is 56.2 Å². The Morgan fingerprint density at radius 2 is 1.53 bits per heavy atom. The molecule has 288 valence electrons. The van der Waals surface area contributed by atoms with Crippen LogP contribution in [-0.4, -0.2) is 89.2 Å². The van der Waals surface area contributed by atoms with Gasteiger partial charge in [-0.3, -0.25) is 19.3 Å². The maximum atomic E-state index is 14.1. The monoisotopic (exact) mass is 711 g/mol. The van der Waals surface area contributed by atoms with E-state index in [0.29, 0.717) is 30.7 Å². The number of nitrogens with zero attached hydrogens (tertiary/aromatic N) is 2. The molecule has 4 saturated carbocycles. The lowest BCUT2D eigenvalue weighted by atomic mass is 9.33. The second-order valence-electron chi connectivity index (χ2n) is 20.3. The van der Waals surface area contributed by atoms with Crippen LogP contribution < -0.4 is 0 Å². The molecule has 5 aliphatic carbocycles. The number of aliphatic hydroxyl groups excluding tert-OH is 1. The molecule has 6 rings (SSSR count). The predicted octanol–water partition coefficient (Wildman–Crippen LogP) is 7.38. The number of piperazine rings is 1. The number of carboxylic acid groups (broad SMARTS) is 1. The van der Waals surface area contributed by atoms with E-state index in [2.05, 4.69) is 65.2 Å². The lowest BCUT2D eigenvalue weighted by Gasteiger charge is -2.72. The topological polar surface area (TPSA) is 107 Å². The van der Waals surface area contributed by atoms with Crippen LogP contribution in [0.5, 0.6) is 0 Å². The number of likely N-dealkylation sites (N-methyl/N-ethyl adjacent to an activating group) is 1. The molecule has 6 aliphatic rings. The van der Waals surface area contributed by atoms with E-state index in [0.717, 1.165) is 89.7 Å². The van der Waals surface area contributed by atoms with Gasteiger partial charge in [0.05, 0.1) is 17.9 Å². The van der Waals surface area contributed by atoms with Crippen molar-refractivity contribution in [2.45, 2.75) is 146 Å². The highest BCUT2D eigenvalue weighted by atomic mass is 16.5. The van der Waals surface area contributed by atoms with Crippen LogP contribution in [0.3, 0.4) is 0 Å². The van der Waals surface area contributed by atoms with E-state index in [-0.39, 0.29) is 45.9 Å². The number of hydrogen-bond acceptors (Lipinski definition) is 7. The van der Waals surface area contributed by atoms with Gasteiger partial charge < -0.3 is 19.8 Å². The number of allylic oxidation sites excluding steroid dienone is 1. The Kier molecular flexibility index (Phi) is 10.1. The van der Waals surface area contributed by atoms with Gasteiger partial charge in [0.25, 0.3) is 0 Å². The molecule has 0 spiro atoms. The third-order valence-corrected chi connectivity index (χ3v) is 16.8. The first kappa shape index (κ1) is 38.9. The fourth-order valence-corrected chi connectivity index (χ4v) is 13.6. The van der Waals surface area contributed by atoms with Crippen LogP contribution in [-0.2, 0) is 19.1 Å². The molecule has 1 aliphatic heterocycles. The first-order chi connectivity index (χ1) is 23.7. The summed E-state index contributed by atoms with van der Waals surface area (Å²) in [6.07, 6.45) is 7.64. The van der Waals surface area contributed by atoms with E-state index in [1.54, 1.807) is 13.8 Å². The molecule has 0 radical (unpaired) electrons. The molecule has 2 N–H and O–H groups in total. The van der Waals surface area contributed by atoms with Gasteiger partial charge in [0.2, 0.25) is 0 Å². The number of β-amino-alcohol motifs (C(OH)–C–C–N with tert-alkyl or cyclic N) is 1. The third-order valence-electron chi connectivity index (χ3n) is 16.8. The standard InChI is InChI=1S/C43H70N2O6/c1-11-44-20-22-45(23-21-44)26-32(47)43-19-18-41(9)28(36(43)35(27(2)3)29(46)24-43)12-13-31-40(8)16-15-33(51-34(48)25-38(4,5)37(49)50)39(6,7)30(40)14-17-42(31,41)10/h27-28,30-33,47H,11-26H2,1-10H3,(H,49,50)/t28-,30+,31-,32-,33+,40+,41-,42-,43+/m1/s1. The molecule has 5 fully saturated rings. The van der Waals surface area contributed by atoms with Crippen LogP contribution in [0.2, 0.25) is 0 Å². The van der Waals surface area contributed by atoms with Crippen molar-refractivity contribution in [3.05, 3.63) is 11.1 Å². The molecule has 1 heterocycles. The normalized spacial score (nSPS) is 40.7. The highest BCUT2D eigenvalue weighted by Gasteiger charge is 2.71. The number of carboxylic acids is 1. The average molecular weight is 711 g/mol. The van der Waals surface area contributed by atoms with Crippen LogP contribution >= 0.6 is 0 Å². The van der Waals surface area contributed by atoms with Gasteiger partial charge in [0.15, 0.2) is 5.78 Å². The zero-order chi connectivity index (χ0) is 37.5.